The number of aromatic nitrogens is 2. The monoisotopic (exact) mass is 266 g/mol. The van der Waals surface area contributed by atoms with Gasteiger partial charge >= 0.3 is 5.97 Å². The third-order valence-electron chi connectivity index (χ3n) is 2.32. The zero-order valence-corrected chi connectivity index (χ0v) is 10.1. The predicted molar refractivity (Wildman–Crippen MR) is 64.1 cm³/mol. The lowest BCUT2D eigenvalue weighted by Crippen LogP contribution is -2.05. The van der Waals surface area contributed by atoms with Gasteiger partial charge in [0, 0.05) is 16.8 Å². The molecule has 0 fully saturated rings. The van der Waals surface area contributed by atoms with Crippen molar-refractivity contribution in [3.05, 3.63) is 46.6 Å². The van der Waals surface area contributed by atoms with E-state index in [0.717, 1.165) is 6.20 Å². The Labute approximate surface area is 107 Å². The molecule has 0 aliphatic carbocycles. The molecule has 0 amide bonds. The Morgan fingerprint density at radius 2 is 2.17 bits per heavy atom. The average Bonchev–Trinajstić information content (AvgIpc) is 2.31. The summed E-state index contributed by atoms with van der Waals surface area (Å²) in [6, 6.07) is 3.89. The summed E-state index contributed by atoms with van der Waals surface area (Å²) < 4.78 is 13.7. The molecule has 0 aliphatic rings. The van der Waals surface area contributed by atoms with Crippen molar-refractivity contribution in [3.8, 4) is 11.3 Å². The zero-order chi connectivity index (χ0) is 13.3. The van der Waals surface area contributed by atoms with E-state index in [1.807, 2.05) is 0 Å². The SMILES string of the molecule is Cc1ncc(C(=O)O)c(-c2cc(Cl)ccc2F)n1. The zero-order valence-electron chi connectivity index (χ0n) is 9.32. The molecule has 4 nitrogen and oxygen atoms in total. The predicted octanol–water partition coefficient (Wildman–Crippen LogP) is 2.94. The number of halogens is 2. The number of hydrogen-bond donors (Lipinski definition) is 1. The molecule has 0 spiro atoms. The number of hydrogen-bond acceptors (Lipinski definition) is 3. The summed E-state index contributed by atoms with van der Waals surface area (Å²) in [6.45, 7) is 1.59. The molecule has 2 aromatic rings. The van der Waals surface area contributed by atoms with E-state index in [0.29, 0.717) is 10.8 Å². The maximum Gasteiger partial charge on any atom is 0.339 e. The van der Waals surface area contributed by atoms with Gasteiger partial charge in [0.2, 0.25) is 0 Å². The molecule has 0 bridgehead atoms. The fourth-order valence-electron chi connectivity index (χ4n) is 1.51. The van der Waals surface area contributed by atoms with E-state index >= 15 is 0 Å². The molecule has 0 aliphatic heterocycles. The minimum Gasteiger partial charge on any atom is -0.478 e. The number of rotatable bonds is 2. The summed E-state index contributed by atoms with van der Waals surface area (Å²) >= 11 is 5.78. The van der Waals surface area contributed by atoms with E-state index in [-0.39, 0.29) is 16.8 Å². The summed E-state index contributed by atoms with van der Waals surface area (Å²) in [6.07, 6.45) is 1.15. The van der Waals surface area contributed by atoms with Gasteiger partial charge in [-0.15, -0.1) is 0 Å². The van der Waals surface area contributed by atoms with Crippen LogP contribution in [0.2, 0.25) is 5.02 Å². The lowest BCUT2D eigenvalue weighted by atomic mass is 10.1. The molecule has 92 valence electrons. The van der Waals surface area contributed by atoms with E-state index in [1.54, 1.807) is 6.92 Å². The fraction of sp³-hybridized carbons (Fsp3) is 0.0833. The molecule has 0 unspecified atom stereocenters. The first-order valence-corrected chi connectivity index (χ1v) is 5.39. The van der Waals surface area contributed by atoms with Crippen LogP contribution in [0, 0.1) is 12.7 Å². The van der Waals surface area contributed by atoms with Crippen molar-refractivity contribution in [2.45, 2.75) is 6.92 Å². The Kier molecular flexibility index (Phi) is 3.25. The third-order valence-corrected chi connectivity index (χ3v) is 2.56. The first-order valence-electron chi connectivity index (χ1n) is 5.01. The molecule has 1 N–H and O–H groups in total. The number of aromatic carboxylic acids is 1. The summed E-state index contributed by atoms with van der Waals surface area (Å²) in [4.78, 5) is 18.8. The van der Waals surface area contributed by atoms with Crippen LogP contribution in [0.25, 0.3) is 11.3 Å². The molecule has 2 rings (SSSR count). The highest BCUT2D eigenvalue weighted by Crippen LogP contribution is 2.27. The Bertz CT molecular complexity index is 631. The Morgan fingerprint density at radius 3 is 2.83 bits per heavy atom. The molecular weight excluding hydrogens is 259 g/mol. The second-order valence-corrected chi connectivity index (χ2v) is 4.05. The summed E-state index contributed by atoms with van der Waals surface area (Å²) in [7, 11) is 0. The molecule has 6 heteroatoms. The van der Waals surface area contributed by atoms with Crippen molar-refractivity contribution in [1.82, 2.24) is 9.97 Å². The van der Waals surface area contributed by atoms with Crippen LogP contribution in [-0.4, -0.2) is 21.0 Å². The maximum absolute atomic E-state index is 13.7. The third kappa shape index (κ3) is 2.31. The van der Waals surface area contributed by atoms with Crippen LogP contribution in [0.15, 0.2) is 24.4 Å². The number of carbonyl (C=O) groups is 1. The van der Waals surface area contributed by atoms with E-state index in [1.165, 1.54) is 18.2 Å². The van der Waals surface area contributed by atoms with Crippen LogP contribution in [0.1, 0.15) is 16.2 Å². The van der Waals surface area contributed by atoms with E-state index in [2.05, 4.69) is 9.97 Å². The largest absolute Gasteiger partial charge is 0.478 e. The first kappa shape index (κ1) is 12.4. The van der Waals surface area contributed by atoms with Crippen molar-refractivity contribution in [3.63, 3.8) is 0 Å². The molecule has 1 aromatic heterocycles. The van der Waals surface area contributed by atoms with E-state index in [4.69, 9.17) is 16.7 Å². The smallest absolute Gasteiger partial charge is 0.339 e. The quantitative estimate of drug-likeness (QED) is 0.908. The minimum absolute atomic E-state index is 0.0231. The van der Waals surface area contributed by atoms with Gasteiger partial charge in [-0.25, -0.2) is 19.2 Å². The molecule has 0 atom stereocenters. The van der Waals surface area contributed by atoms with Crippen LogP contribution in [-0.2, 0) is 0 Å². The van der Waals surface area contributed by atoms with Crippen LogP contribution in [0.5, 0.6) is 0 Å². The standard InChI is InChI=1S/C12H8ClFN2O2/c1-6-15-5-9(12(17)18)11(16-6)8-4-7(13)2-3-10(8)14/h2-5H,1H3,(H,17,18). The van der Waals surface area contributed by atoms with Gasteiger partial charge in [-0.05, 0) is 25.1 Å². The second-order valence-electron chi connectivity index (χ2n) is 3.61. The minimum atomic E-state index is -1.22. The Balaban J connectivity index is 2.73. The number of nitrogens with zero attached hydrogens (tertiary/aromatic N) is 2. The summed E-state index contributed by atoms with van der Waals surface area (Å²) in [5, 5.41) is 9.35. The van der Waals surface area contributed by atoms with Crippen LogP contribution >= 0.6 is 11.6 Å². The van der Waals surface area contributed by atoms with Gasteiger partial charge in [-0.3, -0.25) is 0 Å². The average molecular weight is 267 g/mol. The van der Waals surface area contributed by atoms with Crippen molar-refractivity contribution in [2.24, 2.45) is 0 Å². The highest BCUT2D eigenvalue weighted by molar-refractivity contribution is 6.30. The number of benzene rings is 1. The topological polar surface area (TPSA) is 63.1 Å². The van der Waals surface area contributed by atoms with Gasteiger partial charge in [-0.2, -0.15) is 0 Å². The Hall–Kier alpha value is -2.01. The van der Waals surface area contributed by atoms with Crippen LogP contribution < -0.4 is 0 Å². The van der Waals surface area contributed by atoms with Crippen molar-refractivity contribution in [1.29, 1.82) is 0 Å². The number of aryl methyl sites for hydroxylation is 1. The van der Waals surface area contributed by atoms with Crippen molar-refractivity contribution >= 4 is 17.6 Å². The lowest BCUT2D eigenvalue weighted by Gasteiger charge is -2.07. The maximum atomic E-state index is 13.7. The van der Waals surface area contributed by atoms with Gasteiger partial charge in [-0.1, -0.05) is 11.6 Å². The molecule has 0 saturated carbocycles. The molecule has 1 heterocycles. The van der Waals surface area contributed by atoms with Crippen LogP contribution in [0.3, 0.4) is 0 Å². The van der Waals surface area contributed by atoms with E-state index < -0.39 is 11.8 Å². The summed E-state index contributed by atoms with van der Waals surface area (Å²) in [5.74, 6) is -1.45. The second kappa shape index (κ2) is 4.70. The van der Waals surface area contributed by atoms with Gasteiger partial charge in [0.05, 0.1) is 5.69 Å². The Morgan fingerprint density at radius 1 is 1.44 bits per heavy atom. The normalized spacial score (nSPS) is 10.4. The molecule has 0 saturated heterocycles. The number of carboxylic acid groups (broad SMARTS) is 1. The molecular formula is C12H8ClFN2O2. The molecule has 1 aromatic carbocycles. The lowest BCUT2D eigenvalue weighted by molar-refractivity contribution is 0.0697. The van der Waals surface area contributed by atoms with Gasteiger partial charge in [0.25, 0.3) is 0 Å². The molecule has 0 radical (unpaired) electrons. The fourth-order valence-corrected chi connectivity index (χ4v) is 1.68. The number of carboxylic acids is 1. The van der Waals surface area contributed by atoms with Gasteiger partial charge in [0.1, 0.15) is 17.2 Å². The van der Waals surface area contributed by atoms with E-state index in [9.17, 15) is 9.18 Å². The first-order chi connectivity index (χ1) is 8.49. The highest BCUT2D eigenvalue weighted by atomic mass is 35.5. The summed E-state index contributed by atoms with van der Waals surface area (Å²) in [5.41, 5.74) is -0.0952. The van der Waals surface area contributed by atoms with Crippen molar-refractivity contribution < 1.29 is 14.3 Å². The van der Waals surface area contributed by atoms with Crippen molar-refractivity contribution in [2.75, 3.05) is 0 Å². The van der Waals surface area contributed by atoms with Gasteiger partial charge in [0.15, 0.2) is 0 Å². The highest BCUT2D eigenvalue weighted by Gasteiger charge is 2.17. The van der Waals surface area contributed by atoms with Gasteiger partial charge < -0.3 is 5.11 Å². The van der Waals surface area contributed by atoms with Crippen LogP contribution in [0.4, 0.5) is 4.39 Å². The molecule has 18 heavy (non-hydrogen) atoms.